The molecule has 3 atom stereocenters. The van der Waals surface area contributed by atoms with Gasteiger partial charge in [0, 0.05) is 48.3 Å². The van der Waals surface area contributed by atoms with E-state index in [9.17, 15) is 9.59 Å². The van der Waals surface area contributed by atoms with Gasteiger partial charge in [0.15, 0.2) is 0 Å². The van der Waals surface area contributed by atoms with Gasteiger partial charge in [-0.05, 0) is 66.4 Å². The quantitative estimate of drug-likeness (QED) is 0.597. The lowest BCUT2D eigenvalue weighted by Gasteiger charge is -2.23. The third kappa shape index (κ3) is 4.73. The number of hydrogen-bond acceptors (Lipinski definition) is 4. The molecule has 1 saturated heterocycles. The molecule has 164 valence electrons. The minimum absolute atomic E-state index is 0.0339. The summed E-state index contributed by atoms with van der Waals surface area (Å²) in [5.41, 5.74) is 2.82. The van der Waals surface area contributed by atoms with E-state index in [1.54, 1.807) is 6.20 Å². The molecule has 2 N–H and O–H groups in total. The van der Waals surface area contributed by atoms with Crippen molar-refractivity contribution in [1.29, 1.82) is 0 Å². The van der Waals surface area contributed by atoms with Crippen molar-refractivity contribution in [1.82, 2.24) is 15.6 Å². The normalized spacial score (nSPS) is 22.4. The van der Waals surface area contributed by atoms with Gasteiger partial charge in [-0.3, -0.25) is 14.6 Å². The number of carbonyl (C=O) groups excluding carboxylic acids is 2. The van der Waals surface area contributed by atoms with E-state index < -0.39 is 0 Å². The number of hydrogen-bond donors (Lipinski definition) is 2. The van der Waals surface area contributed by atoms with Crippen molar-refractivity contribution in [3.8, 4) is 0 Å². The number of fused-ring (bicyclic) bond motifs is 1. The summed E-state index contributed by atoms with van der Waals surface area (Å²) in [4.78, 5) is 29.7. The average Bonchev–Trinajstić information content (AvgIpc) is 3.65. The van der Waals surface area contributed by atoms with Gasteiger partial charge in [-0.2, -0.15) is 0 Å². The van der Waals surface area contributed by atoms with Crippen LogP contribution in [0, 0.1) is 5.92 Å². The molecule has 0 radical (unpaired) electrons. The zero-order valence-electron chi connectivity index (χ0n) is 18.2. The molecule has 1 amide bonds. The van der Waals surface area contributed by atoms with Gasteiger partial charge >= 0.3 is 0 Å². The molecule has 0 bridgehead atoms. The van der Waals surface area contributed by atoms with E-state index in [1.165, 1.54) is 12.8 Å². The molecule has 2 fully saturated rings. The monoisotopic (exact) mass is 427 g/mol. The van der Waals surface area contributed by atoms with Crippen molar-refractivity contribution in [2.45, 2.75) is 44.1 Å². The minimum atomic E-state index is -0.0339. The summed E-state index contributed by atoms with van der Waals surface area (Å²) in [7, 11) is 0. The molecule has 3 aromatic rings. The predicted octanol–water partition coefficient (Wildman–Crippen LogP) is 4.02. The van der Waals surface area contributed by atoms with Crippen molar-refractivity contribution in [3.63, 3.8) is 0 Å². The Morgan fingerprint density at radius 3 is 2.88 bits per heavy atom. The maximum Gasteiger partial charge on any atom is 0.251 e. The number of Topliss-reactive ketones (excluding diaryl/α,β-unsaturated/α-hetero) is 1. The molecule has 1 unspecified atom stereocenters. The Morgan fingerprint density at radius 2 is 2.00 bits per heavy atom. The Bertz CT molecular complexity index is 1140. The smallest absolute Gasteiger partial charge is 0.251 e. The van der Waals surface area contributed by atoms with Crippen LogP contribution in [0.25, 0.3) is 10.8 Å². The maximum atomic E-state index is 12.9. The highest BCUT2D eigenvalue weighted by Gasteiger charge is 2.43. The van der Waals surface area contributed by atoms with Crippen LogP contribution in [-0.4, -0.2) is 35.8 Å². The molecule has 1 aliphatic carbocycles. The fraction of sp³-hybridized carbons (Fsp3) is 0.370. The molecule has 2 aromatic carbocycles. The van der Waals surface area contributed by atoms with Crippen molar-refractivity contribution in [2.75, 3.05) is 13.1 Å². The number of amides is 1. The predicted molar refractivity (Wildman–Crippen MR) is 126 cm³/mol. The summed E-state index contributed by atoms with van der Waals surface area (Å²) >= 11 is 0. The van der Waals surface area contributed by atoms with Gasteiger partial charge in [0.2, 0.25) is 0 Å². The molecule has 1 aromatic heterocycles. The Hall–Kier alpha value is -3.05. The lowest BCUT2D eigenvalue weighted by molar-refractivity contribution is -0.119. The summed E-state index contributed by atoms with van der Waals surface area (Å²) in [5.74, 6) is 0.517. The molecule has 1 saturated carbocycles. The van der Waals surface area contributed by atoms with Crippen LogP contribution in [0.4, 0.5) is 0 Å². The summed E-state index contributed by atoms with van der Waals surface area (Å²) < 4.78 is 0. The van der Waals surface area contributed by atoms with Gasteiger partial charge < -0.3 is 10.6 Å². The van der Waals surface area contributed by atoms with Crippen LogP contribution in [0.3, 0.4) is 0 Å². The second kappa shape index (κ2) is 9.21. The van der Waals surface area contributed by atoms with Crippen LogP contribution >= 0.6 is 0 Å². The van der Waals surface area contributed by atoms with Crippen LogP contribution in [-0.2, 0) is 11.2 Å². The Kier molecular flexibility index (Phi) is 5.99. The highest BCUT2D eigenvalue weighted by molar-refractivity contribution is 5.94. The van der Waals surface area contributed by atoms with E-state index in [2.05, 4.69) is 21.7 Å². The summed E-state index contributed by atoms with van der Waals surface area (Å²) in [6.45, 7) is 1.69. The van der Waals surface area contributed by atoms with Gasteiger partial charge in [-0.15, -0.1) is 0 Å². The van der Waals surface area contributed by atoms with Gasteiger partial charge in [-0.1, -0.05) is 36.8 Å². The van der Waals surface area contributed by atoms with E-state index in [-0.39, 0.29) is 23.5 Å². The molecule has 5 rings (SSSR count). The first kappa shape index (κ1) is 20.8. The van der Waals surface area contributed by atoms with Crippen LogP contribution in [0.5, 0.6) is 0 Å². The molecule has 5 nitrogen and oxygen atoms in total. The standard InChI is InChI=1S/C27H29N3O2/c31-26(13-18-7-8-22-16-28-11-9-19(22)12-18)25-15-24(25)20-4-3-5-21(14-20)27(32)30-17-23-6-1-2-10-29-23/h3-5,7-9,11-12,14,16,23-25,29H,1-2,6,10,13,15,17H2,(H,30,32)/t23?,24-,25+/m0/s1. The molecular weight excluding hydrogens is 398 g/mol. The molecule has 2 aliphatic rings. The first-order chi connectivity index (χ1) is 15.7. The van der Waals surface area contributed by atoms with E-state index in [1.807, 2.05) is 48.7 Å². The van der Waals surface area contributed by atoms with Crippen molar-refractivity contribution in [2.24, 2.45) is 5.92 Å². The Labute approximate surface area is 188 Å². The van der Waals surface area contributed by atoms with Crippen molar-refractivity contribution >= 4 is 22.5 Å². The third-order valence-electron chi connectivity index (χ3n) is 6.79. The van der Waals surface area contributed by atoms with E-state index in [0.717, 1.165) is 41.3 Å². The molecule has 1 aliphatic heterocycles. The molecule has 32 heavy (non-hydrogen) atoms. The van der Waals surface area contributed by atoms with E-state index >= 15 is 0 Å². The number of pyridine rings is 1. The zero-order valence-corrected chi connectivity index (χ0v) is 18.2. The third-order valence-corrected chi connectivity index (χ3v) is 6.79. The lowest BCUT2D eigenvalue weighted by Crippen LogP contribution is -2.43. The summed E-state index contributed by atoms with van der Waals surface area (Å²) in [5, 5.41) is 8.72. The molecule has 2 heterocycles. The molecule has 0 spiro atoms. The number of ketones is 1. The summed E-state index contributed by atoms with van der Waals surface area (Å²) in [6.07, 6.45) is 8.48. The van der Waals surface area contributed by atoms with Crippen LogP contribution < -0.4 is 10.6 Å². The second-order valence-electron chi connectivity index (χ2n) is 9.13. The fourth-order valence-electron chi connectivity index (χ4n) is 4.82. The topological polar surface area (TPSA) is 71.1 Å². The first-order valence-corrected chi connectivity index (χ1v) is 11.6. The number of aromatic nitrogens is 1. The number of rotatable bonds is 7. The van der Waals surface area contributed by atoms with E-state index in [0.29, 0.717) is 24.6 Å². The SMILES string of the molecule is O=C(NCC1CCCCN1)c1cccc([C@@H]2C[C@H]2C(=O)Cc2ccc3cnccc3c2)c1. The zero-order chi connectivity index (χ0) is 21.9. The summed E-state index contributed by atoms with van der Waals surface area (Å²) in [6, 6.07) is 16.3. The second-order valence-corrected chi connectivity index (χ2v) is 9.13. The van der Waals surface area contributed by atoms with Crippen molar-refractivity contribution in [3.05, 3.63) is 77.6 Å². The first-order valence-electron chi connectivity index (χ1n) is 11.6. The van der Waals surface area contributed by atoms with Gasteiger partial charge in [0.05, 0.1) is 0 Å². The average molecular weight is 428 g/mol. The minimum Gasteiger partial charge on any atom is -0.350 e. The lowest BCUT2D eigenvalue weighted by atomic mass is 10.00. The fourth-order valence-corrected chi connectivity index (χ4v) is 4.82. The Morgan fingerprint density at radius 1 is 1.06 bits per heavy atom. The van der Waals surface area contributed by atoms with E-state index in [4.69, 9.17) is 0 Å². The Balaban J connectivity index is 1.18. The highest BCUT2D eigenvalue weighted by Crippen LogP contribution is 2.48. The maximum absolute atomic E-state index is 12.9. The number of piperidine rings is 1. The van der Waals surface area contributed by atoms with Crippen LogP contribution in [0.2, 0.25) is 0 Å². The molecular formula is C27H29N3O2. The molecule has 5 heteroatoms. The number of nitrogens with zero attached hydrogens (tertiary/aromatic N) is 1. The van der Waals surface area contributed by atoms with Gasteiger partial charge in [0.1, 0.15) is 5.78 Å². The number of nitrogens with one attached hydrogen (secondary N) is 2. The van der Waals surface area contributed by atoms with Crippen LogP contribution in [0.15, 0.2) is 60.9 Å². The number of benzene rings is 2. The largest absolute Gasteiger partial charge is 0.350 e. The van der Waals surface area contributed by atoms with Gasteiger partial charge in [-0.25, -0.2) is 0 Å². The number of carbonyl (C=O) groups is 2. The van der Waals surface area contributed by atoms with Crippen LogP contribution in [0.1, 0.15) is 53.1 Å². The van der Waals surface area contributed by atoms with Gasteiger partial charge in [0.25, 0.3) is 5.91 Å². The van der Waals surface area contributed by atoms with Crippen molar-refractivity contribution < 1.29 is 9.59 Å². The highest BCUT2D eigenvalue weighted by atomic mass is 16.1.